The molecule has 0 amide bonds. The Morgan fingerprint density at radius 1 is 1.21 bits per heavy atom. The van der Waals surface area contributed by atoms with Crippen molar-refractivity contribution in [1.82, 2.24) is 5.32 Å². The molecule has 1 N–H and O–H groups in total. The standard InChI is InChI=1S/C13H23N/c1-10(14-5)11-6-8-12(9-7-11)13(2,3)4/h6,8,10,14H,7,9H2,1-5H3. The van der Waals surface area contributed by atoms with Crippen LogP contribution in [0.3, 0.4) is 0 Å². The Morgan fingerprint density at radius 3 is 2.21 bits per heavy atom. The first-order chi connectivity index (χ1) is 6.45. The molecule has 1 rings (SSSR count). The van der Waals surface area contributed by atoms with Crippen LogP contribution in [0, 0.1) is 5.41 Å². The third kappa shape index (κ3) is 2.71. The highest BCUT2D eigenvalue weighted by Gasteiger charge is 2.19. The molecule has 0 saturated carbocycles. The highest BCUT2D eigenvalue weighted by atomic mass is 14.9. The average molecular weight is 193 g/mol. The van der Waals surface area contributed by atoms with Crippen LogP contribution in [0.1, 0.15) is 40.5 Å². The van der Waals surface area contributed by atoms with E-state index in [-0.39, 0.29) is 0 Å². The van der Waals surface area contributed by atoms with E-state index in [1.54, 1.807) is 5.57 Å². The van der Waals surface area contributed by atoms with E-state index < -0.39 is 0 Å². The van der Waals surface area contributed by atoms with Crippen molar-refractivity contribution in [2.75, 3.05) is 7.05 Å². The first-order valence-electron chi connectivity index (χ1n) is 5.52. The number of nitrogens with one attached hydrogen (secondary N) is 1. The van der Waals surface area contributed by atoms with E-state index in [4.69, 9.17) is 0 Å². The summed E-state index contributed by atoms with van der Waals surface area (Å²) in [6.07, 6.45) is 7.05. The molecule has 0 bridgehead atoms. The first-order valence-corrected chi connectivity index (χ1v) is 5.52. The van der Waals surface area contributed by atoms with Crippen LogP contribution in [0.4, 0.5) is 0 Å². The lowest BCUT2D eigenvalue weighted by atomic mass is 9.80. The number of rotatable bonds is 2. The zero-order valence-corrected chi connectivity index (χ0v) is 10.1. The molecule has 1 atom stereocenters. The van der Waals surface area contributed by atoms with Crippen molar-refractivity contribution in [1.29, 1.82) is 0 Å². The van der Waals surface area contributed by atoms with Crippen molar-refractivity contribution in [2.45, 2.75) is 46.6 Å². The van der Waals surface area contributed by atoms with Gasteiger partial charge in [0.25, 0.3) is 0 Å². The topological polar surface area (TPSA) is 12.0 Å². The van der Waals surface area contributed by atoms with E-state index in [2.05, 4.69) is 45.2 Å². The Kier molecular flexibility index (Phi) is 3.54. The lowest BCUT2D eigenvalue weighted by Gasteiger charge is -2.27. The number of allylic oxidation sites excluding steroid dienone is 3. The van der Waals surface area contributed by atoms with E-state index in [1.807, 2.05) is 7.05 Å². The summed E-state index contributed by atoms with van der Waals surface area (Å²) in [5.74, 6) is 0. The zero-order chi connectivity index (χ0) is 10.8. The van der Waals surface area contributed by atoms with Gasteiger partial charge in [-0.3, -0.25) is 0 Å². The maximum absolute atomic E-state index is 3.29. The van der Waals surface area contributed by atoms with Crippen molar-refractivity contribution in [2.24, 2.45) is 5.41 Å². The molecule has 80 valence electrons. The van der Waals surface area contributed by atoms with Gasteiger partial charge in [-0.1, -0.05) is 44.1 Å². The molecule has 0 fully saturated rings. The van der Waals surface area contributed by atoms with Gasteiger partial charge in [0, 0.05) is 6.04 Å². The van der Waals surface area contributed by atoms with E-state index >= 15 is 0 Å². The largest absolute Gasteiger partial charge is 0.314 e. The molecule has 0 saturated heterocycles. The van der Waals surface area contributed by atoms with Gasteiger partial charge >= 0.3 is 0 Å². The second-order valence-corrected chi connectivity index (χ2v) is 5.19. The molecule has 1 aliphatic rings. The van der Waals surface area contributed by atoms with Gasteiger partial charge in [0.05, 0.1) is 0 Å². The molecule has 1 aliphatic carbocycles. The second kappa shape index (κ2) is 4.31. The van der Waals surface area contributed by atoms with Crippen molar-refractivity contribution in [3.05, 3.63) is 23.3 Å². The fourth-order valence-electron chi connectivity index (χ4n) is 1.82. The molecule has 0 radical (unpaired) electrons. The Hall–Kier alpha value is -0.560. The van der Waals surface area contributed by atoms with Crippen LogP contribution in [-0.2, 0) is 0 Å². The second-order valence-electron chi connectivity index (χ2n) is 5.19. The Morgan fingerprint density at radius 2 is 1.86 bits per heavy atom. The molecule has 0 aromatic carbocycles. The predicted molar refractivity (Wildman–Crippen MR) is 63.4 cm³/mol. The summed E-state index contributed by atoms with van der Waals surface area (Å²) in [6, 6.07) is 0.521. The highest BCUT2D eigenvalue weighted by molar-refractivity contribution is 5.29. The predicted octanol–water partition coefficient (Wildman–Crippen LogP) is 3.29. The molecule has 0 aliphatic heterocycles. The smallest absolute Gasteiger partial charge is 0.0251 e. The summed E-state index contributed by atoms with van der Waals surface area (Å²) in [5, 5.41) is 3.29. The quantitative estimate of drug-likeness (QED) is 0.709. The van der Waals surface area contributed by atoms with Gasteiger partial charge in [-0.2, -0.15) is 0 Å². The van der Waals surface area contributed by atoms with Crippen LogP contribution < -0.4 is 5.32 Å². The first kappa shape index (κ1) is 11.5. The fraction of sp³-hybridized carbons (Fsp3) is 0.692. The minimum atomic E-state index is 0.338. The minimum absolute atomic E-state index is 0.338. The summed E-state index contributed by atoms with van der Waals surface area (Å²) < 4.78 is 0. The molecular weight excluding hydrogens is 170 g/mol. The van der Waals surface area contributed by atoms with Gasteiger partial charge in [0.15, 0.2) is 0 Å². The van der Waals surface area contributed by atoms with Crippen molar-refractivity contribution >= 4 is 0 Å². The van der Waals surface area contributed by atoms with Crippen LogP contribution in [0.15, 0.2) is 23.3 Å². The summed E-state index contributed by atoms with van der Waals surface area (Å²) in [6.45, 7) is 9.10. The lowest BCUT2D eigenvalue weighted by Crippen LogP contribution is -2.25. The molecular formula is C13H23N. The monoisotopic (exact) mass is 193 g/mol. The van der Waals surface area contributed by atoms with Crippen LogP contribution in [-0.4, -0.2) is 13.1 Å². The highest BCUT2D eigenvalue weighted by Crippen LogP contribution is 2.33. The number of hydrogen-bond acceptors (Lipinski definition) is 1. The van der Waals surface area contributed by atoms with Gasteiger partial charge in [-0.25, -0.2) is 0 Å². The van der Waals surface area contributed by atoms with Crippen LogP contribution in [0.2, 0.25) is 0 Å². The lowest BCUT2D eigenvalue weighted by molar-refractivity contribution is 0.475. The number of likely N-dealkylation sites (N-methyl/N-ethyl adjacent to an activating group) is 1. The Bertz CT molecular complexity index is 253. The van der Waals surface area contributed by atoms with Crippen LogP contribution in [0.25, 0.3) is 0 Å². The summed E-state index contributed by atoms with van der Waals surface area (Å²) in [4.78, 5) is 0. The van der Waals surface area contributed by atoms with E-state index in [9.17, 15) is 0 Å². The third-order valence-electron chi connectivity index (χ3n) is 3.13. The fourth-order valence-corrected chi connectivity index (χ4v) is 1.82. The summed E-state index contributed by atoms with van der Waals surface area (Å²) in [7, 11) is 2.02. The molecule has 0 aromatic rings. The molecule has 1 heteroatoms. The van der Waals surface area contributed by atoms with Crippen molar-refractivity contribution in [3.63, 3.8) is 0 Å². The summed E-state index contributed by atoms with van der Waals surface area (Å²) >= 11 is 0. The summed E-state index contributed by atoms with van der Waals surface area (Å²) in [5.41, 5.74) is 3.44. The molecule has 1 nitrogen and oxygen atoms in total. The van der Waals surface area contributed by atoms with Crippen LogP contribution >= 0.6 is 0 Å². The molecule has 1 unspecified atom stereocenters. The zero-order valence-electron chi connectivity index (χ0n) is 10.1. The van der Waals surface area contributed by atoms with Crippen molar-refractivity contribution in [3.8, 4) is 0 Å². The molecule has 0 aromatic heterocycles. The Labute approximate surface area is 88.3 Å². The maximum Gasteiger partial charge on any atom is 0.0251 e. The normalized spacial score (nSPS) is 20.1. The van der Waals surface area contributed by atoms with Crippen molar-refractivity contribution < 1.29 is 0 Å². The third-order valence-corrected chi connectivity index (χ3v) is 3.13. The number of hydrogen-bond donors (Lipinski definition) is 1. The van der Waals surface area contributed by atoms with Gasteiger partial charge < -0.3 is 5.32 Å². The minimum Gasteiger partial charge on any atom is -0.314 e. The van der Waals surface area contributed by atoms with Crippen LogP contribution in [0.5, 0.6) is 0 Å². The van der Waals surface area contributed by atoms with Gasteiger partial charge in [0.2, 0.25) is 0 Å². The molecule has 14 heavy (non-hydrogen) atoms. The molecule has 0 heterocycles. The van der Waals surface area contributed by atoms with E-state index in [1.165, 1.54) is 18.4 Å². The van der Waals surface area contributed by atoms with Gasteiger partial charge in [0.1, 0.15) is 0 Å². The van der Waals surface area contributed by atoms with Gasteiger partial charge in [-0.05, 0) is 32.2 Å². The maximum atomic E-state index is 3.29. The van der Waals surface area contributed by atoms with Gasteiger partial charge in [-0.15, -0.1) is 0 Å². The van der Waals surface area contributed by atoms with E-state index in [0.29, 0.717) is 11.5 Å². The van der Waals surface area contributed by atoms with E-state index in [0.717, 1.165) is 0 Å². The molecule has 0 spiro atoms. The average Bonchev–Trinajstić information content (AvgIpc) is 2.15. The SMILES string of the molecule is CNC(C)C1=CC=C(C(C)(C)C)CC1. The Balaban J connectivity index is 2.74.